The van der Waals surface area contributed by atoms with Crippen LogP contribution >= 0.6 is 22.9 Å². The molecule has 154 valence electrons. The van der Waals surface area contributed by atoms with Gasteiger partial charge in [0, 0.05) is 41.2 Å². The Labute approximate surface area is 183 Å². The molecule has 30 heavy (non-hydrogen) atoms. The zero-order chi connectivity index (χ0) is 20.9. The van der Waals surface area contributed by atoms with Gasteiger partial charge in [-0.15, -0.1) is 11.3 Å². The minimum Gasteiger partial charge on any atom is -0.379 e. The summed E-state index contributed by atoms with van der Waals surface area (Å²) in [5, 5.41) is 5.83. The van der Waals surface area contributed by atoms with E-state index in [1.165, 1.54) is 11.3 Å². The third-order valence-corrected chi connectivity index (χ3v) is 5.84. The molecule has 8 heteroatoms. The van der Waals surface area contributed by atoms with E-state index >= 15 is 0 Å². The first-order valence-corrected chi connectivity index (χ1v) is 10.8. The van der Waals surface area contributed by atoms with Gasteiger partial charge in [0.25, 0.3) is 5.91 Å². The number of hydrogen-bond donors (Lipinski definition) is 1. The van der Waals surface area contributed by atoms with Crippen molar-refractivity contribution in [2.24, 2.45) is 0 Å². The standard InChI is InChI=1S/C22H20ClN3O3S/c23-16-7-5-15(6-8-16)20(27)18-3-1-2-4-19(18)21(28)25-22-24-17(14-30-22)13-26-9-11-29-12-10-26/h1-8,14H,9-13H2,(H,24,25,28). The summed E-state index contributed by atoms with van der Waals surface area (Å²) in [6.07, 6.45) is 0. The van der Waals surface area contributed by atoms with Gasteiger partial charge in [-0.3, -0.25) is 19.8 Å². The van der Waals surface area contributed by atoms with Crippen LogP contribution < -0.4 is 5.32 Å². The van der Waals surface area contributed by atoms with Crippen LogP contribution in [0.1, 0.15) is 32.0 Å². The summed E-state index contributed by atoms with van der Waals surface area (Å²) in [4.78, 5) is 32.6. The predicted octanol–water partition coefficient (Wildman–Crippen LogP) is 4.11. The molecule has 0 radical (unpaired) electrons. The first kappa shape index (κ1) is 20.7. The maximum absolute atomic E-state index is 12.9. The monoisotopic (exact) mass is 441 g/mol. The predicted molar refractivity (Wildman–Crippen MR) is 117 cm³/mol. The Balaban J connectivity index is 1.48. The van der Waals surface area contributed by atoms with E-state index in [4.69, 9.17) is 16.3 Å². The maximum atomic E-state index is 12.9. The van der Waals surface area contributed by atoms with Crippen molar-refractivity contribution in [1.82, 2.24) is 9.88 Å². The molecule has 1 aliphatic heterocycles. The Morgan fingerprint density at radius 2 is 1.77 bits per heavy atom. The smallest absolute Gasteiger partial charge is 0.258 e. The van der Waals surface area contributed by atoms with Crippen LogP contribution in [0.15, 0.2) is 53.9 Å². The summed E-state index contributed by atoms with van der Waals surface area (Å²) in [7, 11) is 0. The second-order valence-electron chi connectivity index (χ2n) is 6.87. The summed E-state index contributed by atoms with van der Waals surface area (Å²) >= 11 is 7.28. The van der Waals surface area contributed by atoms with Gasteiger partial charge < -0.3 is 4.74 Å². The van der Waals surface area contributed by atoms with Crippen LogP contribution in [0.4, 0.5) is 5.13 Å². The molecule has 2 aromatic carbocycles. The van der Waals surface area contributed by atoms with Gasteiger partial charge in [-0.05, 0) is 30.3 Å². The fourth-order valence-corrected chi connectivity index (χ4v) is 4.05. The second kappa shape index (κ2) is 9.49. The van der Waals surface area contributed by atoms with Crippen molar-refractivity contribution in [3.05, 3.63) is 81.3 Å². The molecule has 0 atom stereocenters. The number of anilines is 1. The molecule has 0 bridgehead atoms. The Kier molecular flexibility index (Phi) is 6.54. The number of halogens is 1. The molecular weight excluding hydrogens is 422 g/mol. The number of amides is 1. The van der Waals surface area contributed by atoms with Crippen LogP contribution in [-0.2, 0) is 11.3 Å². The highest BCUT2D eigenvalue weighted by atomic mass is 35.5. The average molecular weight is 442 g/mol. The van der Waals surface area contributed by atoms with E-state index < -0.39 is 0 Å². The summed E-state index contributed by atoms with van der Waals surface area (Å²) in [6, 6.07) is 13.4. The topological polar surface area (TPSA) is 71.5 Å². The van der Waals surface area contributed by atoms with E-state index in [2.05, 4.69) is 15.2 Å². The summed E-state index contributed by atoms with van der Waals surface area (Å²) in [5.41, 5.74) is 2.02. The SMILES string of the molecule is O=C(Nc1nc(CN2CCOCC2)cs1)c1ccccc1C(=O)c1ccc(Cl)cc1. The van der Waals surface area contributed by atoms with Crippen LogP contribution in [0.25, 0.3) is 0 Å². The number of nitrogens with one attached hydrogen (secondary N) is 1. The normalized spacial score (nSPS) is 14.4. The molecule has 1 saturated heterocycles. The average Bonchev–Trinajstić information content (AvgIpc) is 3.21. The van der Waals surface area contributed by atoms with Crippen molar-refractivity contribution in [3.63, 3.8) is 0 Å². The fraction of sp³-hybridized carbons (Fsp3) is 0.227. The Hall–Kier alpha value is -2.58. The molecule has 0 unspecified atom stereocenters. The van der Waals surface area contributed by atoms with Crippen molar-refractivity contribution < 1.29 is 14.3 Å². The molecule has 1 fully saturated rings. The molecule has 1 N–H and O–H groups in total. The van der Waals surface area contributed by atoms with Gasteiger partial charge in [0.2, 0.25) is 0 Å². The lowest BCUT2D eigenvalue weighted by Crippen LogP contribution is -2.35. The molecule has 4 rings (SSSR count). The highest BCUT2D eigenvalue weighted by molar-refractivity contribution is 7.14. The van der Waals surface area contributed by atoms with E-state index in [1.54, 1.807) is 48.5 Å². The summed E-state index contributed by atoms with van der Waals surface area (Å²) in [5.74, 6) is -0.593. The van der Waals surface area contributed by atoms with Crippen LogP contribution in [-0.4, -0.2) is 47.9 Å². The van der Waals surface area contributed by atoms with Crippen molar-refractivity contribution in [3.8, 4) is 0 Å². The van der Waals surface area contributed by atoms with Crippen molar-refractivity contribution in [1.29, 1.82) is 0 Å². The minimum atomic E-state index is -0.361. The van der Waals surface area contributed by atoms with Gasteiger partial charge in [0.15, 0.2) is 10.9 Å². The van der Waals surface area contributed by atoms with Crippen LogP contribution in [0.3, 0.4) is 0 Å². The molecule has 1 aliphatic rings. The quantitative estimate of drug-likeness (QED) is 0.583. The largest absolute Gasteiger partial charge is 0.379 e. The first-order valence-electron chi connectivity index (χ1n) is 9.55. The van der Waals surface area contributed by atoms with Gasteiger partial charge in [-0.2, -0.15) is 0 Å². The Morgan fingerprint density at radius 3 is 2.50 bits per heavy atom. The van der Waals surface area contributed by atoms with Crippen LogP contribution in [0.5, 0.6) is 0 Å². The van der Waals surface area contributed by atoms with Crippen molar-refractivity contribution in [2.45, 2.75) is 6.54 Å². The van der Waals surface area contributed by atoms with Crippen LogP contribution in [0.2, 0.25) is 5.02 Å². The second-order valence-corrected chi connectivity index (χ2v) is 8.16. The third kappa shape index (κ3) is 4.94. The lowest BCUT2D eigenvalue weighted by atomic mass is 9.98. The molecule has 1 amide bonds. The summed E-state index contributed by atoms with van der Waals surface area (Å²) in [6.45, 7) is 3.93. The fourth-order valence-electron chi connectivity index (χ4n) is 3.23. The number of thiazole rings is 1. The van der Waals surface area contributed by atoms with E-state index in [1.807, 2.05) is 5.38 Å². The number of ketones is 1. The lowest BCUT2D eigenvalue weighted by molar-refractivity contribution is 0.0337. The van der Waals surface area contributed by atoms with E-state index in [0.29, 0.717) is 26.8 Å². The third-order valence-electron chi connectivity index (χ3n) is 4.78. The van der Waals surface area contributed by atoms with Gasteiger partial charge in [0.05, 0.1) is 24.5 Å². The molecule has 0 aliphatic carbocycles. The number of rotatable bonds is 6. The first-order chi connectivity index (χ1) is 14.6. The molecule has 6 nitrogen and oxygen atoms in total. The number of hydrogen-bond acceptors (Lipinski definition) is 6. The van der Waals surface area contributed by atoms with Crippen LogP contribution in [0, 0.1) is 0 Å². The van der Waals surface area contributed by atoms with E-state index in [-0.39, 0.29) is 11.7 Å². The molecule has 1 aromatic heterocycles. The maximum Gasteiger partial charge on any atom is 0.258 e. The summed E-state index contributed by atoms with van der Waals surface area (Å²) < 4.78 is 5.36. The molecular formula is C22H20ClN3O3S. The number of carbonyl (C=O) groups is 2. The number of carbonyl (C=O) groups excluding carboxylic acids is 2. The van der Waals surface area contributed by atoms with E-state index in [9.17, 15) is 9.59 Å². The molecule has 0 saturated carbocycles. The van der Waals surface area contributed by atoms with Gasteiger partial charge in [-0.1, -0.05) is 29.8 Å². The number of aromatic nitrogens is 1. The highest BCUT2D eigenvalue weighted by Gasteiger charge is 2.19. The number of morpholine rings is 1. The van der Waals surface area contributed by atoms with Gasteiger partial charge >= 0.3 is 0 Å². The Morgan fingerprint density at radius 1 is 1.07 bits per heavy atom. The Bertz CT molecular complexity index is 1050. The van der Waals surface area contributed by atoms with Gasteiger partial charge in [0.1, 0.15) is 0 Å². The van der Waals surface area contributed by atoms with Crippen molar-refractivity contribution in [2.75, 3.05) is 31.6 Å². The minimum absolute atomic E-state index is 0.232. The van der Waals surface area contributed by atoms with Crippen molar-refractivity contribution >= 4 is 39.8 Å². The molecule has 2 heterocycles. The van der Waals surface area contributed by atoms with Gasteiger partial charge in [-0.25, -0.2) is 4.98 Å². The highest BCUT2D eigenvalue weighted by Crippen LogP contribution is 2.21. The number of ether oxygens (including phenoxy) is 1. The number of benzene rings is 2. The lowest BCUT2D eigenvalue weighted by Gasteiger charge is -2.25. The molecule has 3 aromatic rings. The van der Waals surface area contributed by atoms with E-state index in [0.717, 1.165) is 38.5 Å². The number of nitrogens with zero attached hydrogens (tertiary/aromatic N) is 2. The zero-order valence-electron chi connectivity index (χ0n) is 16.1. The zero-order valence-corrected chi connectivity index (χ0v) is 17.7. The molecule has 0 spiro atoms.